The molecule has 0 aliphatic heterocycles. The molecule has 0 aliphatic rings. The third-order valence-electron chi connectivity index (χ3n) is 3.31. The lowest BCUT2D eigenvalue weighted by Gasteiger charge is -2.07. The molecule has 0 saturated heterocycles. The van der Waals surface area contributed by atoms with Crippen molar-refractivity contribution in [3.63, 3.8) is 0 Å². The van der Waals surface area contributed by atoms with E-state index in [4.69, 9.17) is 4.74 Å². The van der Waals surface area contributed by atoms with E-state index in [0.29, 0.717) is 18.0 Å². The predicted octanol–water partition coefficient (Wildman–Crippen LogP) is 3.09. The summed E-state index contributed by atoms with van der Waals surface area (Å²) < 4.78 is 5.85. The van der Waals surface area contributed by atoms with Crippen molar-refractivity contribution in [3.8, 4) is 5.88 Å². The fraction of sp³-hybridized carbons (Fsp3) is 0.0625. The van der Waals surface area contributed by atoms with Gasteiger partial charge < -0.3 is 9.72 Å². The van der Waals surface area contributed by atoms with Gasteiger partial charge in [-0.25, -0.2) is 9.97 Å². The molecule has 102 valence electrons. The lowest BCUT2D eigenvalue weighted by molar-refractivity contribution is 0.298. The van der Waals surface area contributed by atoms with Crippen LogP contribution in [0, 0.1) is 0 Å². The van der Waals surface area contributed by atoms with E-state index in [1.807, 2.05) is 42.5 Å². The zero-order valence-electron chi connectivity index (χ0n) is 11.2. The molecule has 3 aromatic heterocycles. The lowest BCUT2D eigenvalue weighted by Crippen LogP contribution is -1.99. The molecule has 1 aromatic carbocycles. The highest BCUT2D eigenvalue weighted by atomic mass is 16.5. The van der Waals surface area contributed by atoms with E-state index < -0.39 is 0 Å². The van der Waals surface area contributed by atoms with Crippen molar-refractivity contribution in [1.82, 2.24) is 19.9 Å². The van der Waals surface area contributed by atoms with Crippen molar-refractivity contribution in [2.45, 2.75) is 6.61 Å². The first kappa shape index (κ1) is 11.8. The smallest absolute Gasteiger partial charge is 0.243 e. The molecule has 1 N–H and O–H groups in total. The zero-order chi connectivity index (χ0) is 14.1. The Balaban J connectivity index is 1.78. The largest absolute Gasteiger partial charge is 0.471 e. The second kappa shape index (κ2) is 4.86. The molecule has 5 nitrogen and oxygen atoms in total. The Morgan fingerprint density at radius 3 is 2.76 bits per heavy atom. The van der Waals surface area contributed by atoms with Crippen molar-refractivity contribution in [1.29, 1.82) is 0 Å². The molecule has 0 amide bonds. The van der Waals surface area contributed by atoms with E-state index in [0.717, 1.165) is 22.1 Å². The van der Waals surface area contributed by atoms with Crippen LogP contribution < -0.4 is 4.74 Å². The summed E-state index contributed by atoms with van der Waals surface area (Å²) in [5.74, 6) is 0.524. The molecular weight excluding hydrogens is 264 g/mol. The van der Waals surface area contributed by atoms with E-state index >= 15 is 0 Å². The first-order chi connectivity index (χ1) is 10.4. The van der Waals surface area contributed by atoms with Crippen molar-refractivity contribution < 1.29 is 4.74 Å². The third-order valence-corrected chi connectivity index (χ3v) is 3.31. The molecule has 0 unspecified atom stereocenters. The van der Waals surface area contributed by atoms with Crippen LogP contribution in [0.2, 0.25) is 0 Å². The molecule has 4 rings (SSSR count). The summed E-state index contributed by atoms with van der Waals surface area (Å²) in [7, 11) is 0. The summed E-state index contributed by atoms with van der Waals surface area (Å²) in [6.45, 7) is 0.460. The minimum Gasteiger partial charge on any atom is -0.471 e. The summed E-state index contributed by atoms with van der Waals surface area (Å²) in [6.07, 6.45) is 3.38. The van der Waals surface area contributed by atoms with Crippen LogP contribution in [0.4, 0.5) is 0 Å². The SMILES string of the molecule is c1ccc(COc2nc3cccnc3c3[nH]cnc23)cc1. The number of aromatic nitrogens is 4. The summed E-state index contributed by atoms with van der Waals surface area (Å²) in [5, 5.41) is 0. The van der Waals surface area contributed by atoms with Gasteiger partial charge >= 0.3 is 0 Å². The molecule has 0 saturated carbocycles. The van der Waals surface area contributed by atoms with Crippen LogP contribution >= 0.6 is 0 Å². The number of pyridine rings is 2. The van der Waals surface area contributed by atoms with Crippen LogP contribution in [-0.4, -0.2) is 19.9 Å². The molecule has 5 heteroatoms. The van der Waals surface area contributed by atoms with Gasteiger partial charge in [0, 0.05) is 6.20 Å². The van der Waals surface area contributed by atoms with Crippen molar-refractivity contribution in [3.05, 3.63) is 60.6 Å². The average molecular weight is 276 g/mol. The van der Waals surface area contributed by atoms with Gasteiger partial charge in [0.1, 0.15) is 12.1 Å². The lowest BCUT2D eigenvalue weighted by atomic mass is 10.2. The number of fused-ring (bicyclic) bond motifs is 3. The molecule has 0 radical (unpaired) electrons. The van der Waals surface area contributed by atoms with Crippen LogP contribution in [0.5, 0.6) is 5.88 Å². The van der Waals surface area contributed by atoms with Crippen LogP contribution in [0.3, 0.4) is 0 Å². The Bertz CT molecular complexity index is 902. The summed E-state index contributed by atoms with van der Waals surface area (Å²) >= 11 is 0. The van der Waals surface area contributed by atoms with Gasteiger partial charge in [-0.3, -0.25) is 4.98 Å². The van der Waals surface area contributed by atoms with E-state index in [-0.39, 0.29) is 0 Å². The minimum atomic E-state index is 0.460. The highest BCUT2D eigenvalue weighted by Gasteiger charge is 2.12. The van der Waals surface area contributed by atoms with Gasteiger partial charge in [0.25, 0.3) is 0 Å². The van der Waals surface area contributed by atoms with Crippen LogP contribution in [-0.2, 0) is 6.61 Å². The Kier molecular flexibility index (Phi) is 2.74. The number of rotatable bonds is 3. The monoisotopic (exact) mass is 276 g/mol. The maximum atomic E-state index is 5.85. The summed E-state index contributed by atoms with van der Waals surface area (Å²) in [4.78, 5) is 16.3. The fourth-order valence-corrected chi connectivity index (χ4v) is 2.31. The Morgan fingerprint density at radius 2 is 1.86 bits per heavy atom. The van der Waals surface area contributed by atoms with Gasteiger partial charge in [-0.2, -0.15) is 0 Å². The molecule has 4 aromatic rings. The molecule has 0 aliphatic carbocycles. The number of aromatic amines is 1. The third kappa shape index (κ3) is 2.08. The predicted molar refractivity (Wildman–Crippen MR) is 80.0 cm³/mol. The van der Waals surface area contributed by atoms with Crippen molar-refractivity contribution in [2.24, 2.45) is 0 Å². The molecule has 3 heterocycles. The van der Waals surface area contributed by atoms with Crippen LogP contribution in [0.25, 0.3) is 22.1 Å². The highest BCUT2D eigenvalue weighted by molar-refractivity contribution is 6.01. The van der Waals surface area contributed by atoms with Crippen LogP contribution in [0.15, 0.2) is 55.0 Å². The average Bonchev–Trinajstić information content (AvgIpc) is 3.04. The topological polar surface area (TPSA) is 63.7 Å². The van der Waals surface area contributed by atoms with E-state index in [9.17, 15) is 0 Å². The van der Waals surface area contributed by atoms with Gasteiger partial charge in [-0.05, 0) is 17.7 Å². The zero-order valence-corrected chi connectivity index (χ0v) is 11.2. The minimum absolute atomic E-state index is 0.460. The number of imidazole rings is 1. The Morgan fingerprint density at radius 1 is 0.952 bits per heavy atom. The Hall–Kier alpha value is -2.95. The molecule has 0 spiro atoms. The molecular formula is C16H12N4O. The number of hydrogen-bond donors (Lipinski definition) is 1. The maximum absolute atomic E-state index is 5.85. The van der Waals surface area contributed by atoms with Gasteiger partial charge in [0.2, 0.25) is 5.88 Å². The number of H-pyrrole nitrogens is 1. The van der Waals surface area contributed by atoms with E-state index in [1.165, 1.54) is 0 Å². The quantitative estimate of drug-likeness (QED) is 0.624. The number of ether oxygens (including phenoxy) is 1. The van der Waals surface area contributed by atoms with Gasteiger partial charge in [-0.15, -0.1) is 0 Å². The summed E-state index contributed by atoms with van der Waals surface area (Å²) in [5.41, 5.74) is 4.24. The molecule has 0 fully saturated rings. The normalized spacial score (nSPS) is 11.0. The van der Waals surface area contributed by atoms with Crippen molar-refractivity contribution >= 4 is 22.1 Å². The van der Waals surface area contributed by atoms with Gasteiger partial charge in [-0.1, -0.05) is 30.3 Å². The number of nitrogens with one attached hydrogen (secondary N) is 1. The second-order valence-electron chi connectivity index (χ2n) is 4.69. The number of hydrogen-bond acceptors (Lipinski definition) is 4. The van der Waals surface area contributed by atoms with Gasteiger partial charge in [0.05, 0.1) is 17.4 Å². The van der Waals surface area contributed by atoms with Crippen molar-refractivity contribution in [2.75, 3.05) is 0 Å². The Labute approximate surface area is 120 Å². The number of benzene rings is 1. The number of nitrogens with zero attached hydrogens (tertiary/aromatic N) is 3. The highest BCUT2D eigenvalue weighted by Crippen LogP contribution is 2.27. The van der Waals surface area contributed by atoms with E-state index in [1.54, 1.807) is 12.5 Å². The van der Waals surface area contributed by atoms with Gasteiger partial charge in [0.15, 0.2) is 5.52 Å². The second-order valence-corrected chi connectivity index (χ2v) is 4.69. The van der Waals surface area contributed by atoms with Crippen LogP contribution in [0.1, 0.15) is 5.56 Å². The molecule has 21 heavy (non-hydrogen) atoms. The van der Waals surface area contributed by atoms with E-state index in [2.05, 4.69) is 19.9 Å². The maximum Gasteiger partial charge on any atom is 0.243 e. The molecule has 0 atom stereocenters. The summed E-state index contributed by atoms with van der Waals surface area (Å²) in [6, 6.07) is 13.8. The fourth-order valence-electron chi connectivity index (χ4n) is 2.31. The molecule has 0 bridgehead atoms. The first-order valence-corrected chi connectivity index (χ1v) is 6.66. The first-order valence-electron chi connectivity index (χ1n) is 6.66. The standard InChI is InChI=1S/C16H12N4O/c1-2-5-11(6-3-1)9-21-16-15-14(18-10-19-15)13-12(20-16)7-4-8-17-13/h1-8,10H,9H2,(H,18,19).